The minimum absolute atomic E-state index is 0.259. The van der Waals surface area contributed by atoms with Gasteiger partial charge in [0.1, 0.15) is 0 Å². The molecule has 15 heavy (non-hydrogen) atoms. The molecule has 1 aliphatic heterocycles. The maximum atomic E-state index is 10.6. The number of carbonyl (C=O) groups excluding carboxylic acids is 1. The Bertz CT molecular complexity index is 228. The van der Waals surface area contributed by atoms with Crippen LogP contribution >= 0.6 is 0 Å². The van der Waals surface area contributed by atoms with Crippen LogP contribution in [-0.4, -0.2) is 43.0 Å². The van der Waals surface area contributed by atoms with Gasteiger partial charge in [-0.15, -0.1) is 0 Å². The number of amides is 1. The molecule has 2 rings (SSSR count). The van der Waals surface area contributed by atoms with Crippen LogP contribution in [-0.2, 0) is 4.79 Å². The Hall–Kier alpha value is -0.610. The highest BCUT2D eigenvalue weighted by Crippen LogP contribution is 2.30. The minimum Gasteiger partial charge on any atom is -0.369 e. The lowest BCUT2D eigenvalue weighted by Crippen LogP contribution is -2.42. The van der Waals surface area contributed by atoms with Crippen LogP contribution in [0.25, 0.3) is 0 Å². The number of hydrogen-bond acceptors (Lipinski definition) is 3. The Morgan fingerprint density at radius 3 is 2.87 bits per heavy atom. The predicted molar refractivity (Wildman–Crippen MR) is 59.4 cm³/mol. The van der Waals surface area contributed by atoms with Crippen LogP contribution in [0.3, 0.4) is 0 Å². The Labute approximate surface area is 91.2 Å². The SMILES string of the molecule is NC(=O)CNCC1CCCN(C2CC2)C1. The van der Waals surface area contributed by atoms with Crippen LogP contribution < -0.4 is 11.1 Å². The number of nitrogens with one attached hydrogen (secondary N) is 1. The van der Waals surface area contributed by atoms with Crippen LogP contribution in [0.2, 0.25) is 0 Å². The lowest BCUT2D eigenvalue weighted by Gasteiger charge is -2.32. The monoisotopic (exact) mass is 211 g/mol. The third-order valence-corrected chi connectivity index (χ3v) is 3.35. The van der Waals surface area contributed by atoms with Crippen LogP contribution in [0.4, 0.5) is 0 Å². The van der Waals surface area contributed by atoms with E-state index in [9.17, 15) is 4.79 Å². The second-order valence-electron chi connectivity index (χ2n) is 4.83. The third kappa shape index (κ3) is 3.47. The van der Waals surface area contributed by atoms with E-state index in [0.717, 1.165) is 12.6 Å². The highest BCUT2D eigenvalue weighted by atomic mass is 16.1. The summed E-state index contributed by atoms with van der Waals surface area (Å²) in [6.45, 7) is 3.74. The quantitative estimate of drug-likeness (QED) is 0.669. The van der Waals surface area contributed by atoms with Gasteiger partial charge in [-0.3, -0.25) is 4.79 Å². The molecular weight excluding hydrogens is 190 g/mol. The van der Waals surface area contributed by atoms with Gasteiger partial charge in [-0.05, 0) is 44.7 Å². The zero-order chi connectivity index (χ0) is 10.7. The van der Waals surface area contributed by atoms with Gasteiger partial charge in [0.15, 0.2) is 0 Å². The molecule has 1 amide bonds. The molecule has 0 spiro atoms. The number of carbonyl (C=O) groups is 1. The lowest BCUT2D eigenvalue weighted by atomic mass is 9.98. The molecule has 1 aliphatic carbocycles. The Morgan fingerprint density at radius 1 is 1.40 bits per heavy atom. The van der Waals surface area contributed by atoms with Crippen molar-refractivity contribution < 1.29 is 4.79 Å². The van der Waals surface area contributed by atoms with Crippen molar-refractivity contribution in [2.45, 2.75) is 31.7 Å². The van der Waals surface area contributed by atoms with Crippen LogP contribution in [0.1, 0.15) is 25.7 Å². The first-order valence-corrected chi connectivity index (χ1v) is 5.99. The molecule has 0 aromatic heterocycles. The van der Waals surface area contributed by atoms with Gasteiger partial charge < -0.3 is 16.0 Å². The summed E-state index contributed by atoms with van der Waals surface area (Å²) in [5.41, 5.74) is 5.08. The molecule has 3 N–H and O–H groups in total. The largest absolute Gasteiger partial charge is 0.369 e. The van der Waals surface area contributed by atoms with E-state index in [1.165, 1.54) is 38.8 Å². The number of rotatable bonds is 5. The van der Waals surface area contributed by atoms with E-state index < -0.39 is 0 Å². The number of hydrogen-bond donors (Lipinski definition) is 2. The van der Waals surface area contributed by atoms with Crippen LogP contribution in [0, 0.1) is 5.92 Å². The minimum atomic E-state index is -0.259. The summed E-state index contributed by atoms with van der Waals surface area (Å²) in [5, 5.41) is 3.13. The lowest BCUT2D eigenvalue weighted by molar-refractivity contribution is -0.117. The molecule has 2 fully saturated rings. The summed E-state index contributed by atoms with van der Waals surface area (Å²) >= 11 is 0. The summed E-state index contributed by atoms with van der Waals surface area (Å²) < 4.78 is 0. The fourth-order valence-corrected chi connectivity index (χ4v) is 2.43. The molecule has 1 heterocycles. The molecule has 1 saturated heterocycles. The fourth-order valence-electron chi connectivity index (χ4n) is 2.43. The average molecular weight is 211 g/mol. The van der Waals surface area contributed by atoms with Crippen molar-refractivity contribution in [3.63, 3.8) is 0 Å². The van der Waals surface area contributed by atoms with E-state index in [2.05, 4.69) is 10.2 Å². The second kappa shape index (κ2) is 4.94. The summed E-state index contributed by atoms with van der Waals surface area (Å²) in [7, 11) is 0. The first kappa shape index (κ1) is 10.9. The number of nitrogens with two attached hydrogens (primary N) is 1. The first-order valence-electron chi connectivity index (χ1n) is 5.99. The highest BCUT2D eigenvalue weighted by Gasteiger charge is 2.32. The van der Waals surface area contributed by atoms with Crippen molar-refractivity contribution in [2.75, 3.05) is 26.2 Å². The molecule has 1 saturated carbocycles. The summed E-state index contributed by atoms with van der Waals surface area (Å²) in [6.07, 6.45) is 5.37. The van der Waals surface area contributed by atoms with Gasteiger partial charge in [0.2, 0.25) is 5.91 Å². The van der Waals surface area contributed by atoms with Crippen molar-refractivity contribution >= 4 is 5.91 Å². The molecule has 0 radical (unpaired) electrons. The molecule has 4 heteroatoms. The van der Waals surface area contributed by atoms with Gasteiger partial charge >= 0.3 is 0 Å². The smallest absolute Gasteiger partial charge is 0.231 e. The van der Waals surface area contributed by atoms with Gasteiger partial charge in [0, 0.05) is 12.6 Å². The molecule has 0 aromatic rings. The second-order valence-corrected chi connectivity index (χ2v) is 4.83. The zero-order valence-electron chi connectivity index (χ0n) is 9.24. The van der Waals surface area contributed by atoms with Crippen molar-refractivity contribution in [2.24, 2.45) is 11.7 Å². The molecule has 0 aromatic carbocycles. The number of nitrogens with zero attached hydrogens (tertiary/aromatic N) is 1. The first-order chi connectivity index (χ1) is 7.25. The van der Waals surface area contributed by atoms with Crippen LogP contribution in [0.15, 0.2) is 0 Å². The molecule has 86 valence electrons. The molecule has 1 atom stereocenters. The van der Waals surface area contributed by atoms with E-state index >= 15 is 0 Å². The standard InChI is InChI=1S/C11H21N3O/c12-11(15)7-13-6-9-2-1-5-14(8-9)10-3-4-10/h9-10,13H,1-8H2,(H2,12,15). The maximum absolute atomic E-state index is 10.6. The van der Waals surface area contributed by atoms with Gasteiger partial charge in [-0.1, -0.05) is 0 Å². The van der Waals surface area contributed by atoms with Crippen LogP contribution in [0.5, 0.6) is 0 Å². The Balaban J connectivity index is 1.65. The Morgan fingerprint density at radius 2 is 2.20 bits per heavy atom. The molecule has 0 bridgehead atoms. The molecule has 1 unspecified atom stereocenters. The molecule has 2 aliphatic rings. The maximum Gasteiger partial charge on any atom is 0.231 e. The molecular formula is C11H21N3O. The highest BCUT2D eigenvalue weighted by molar-refractivity contribution is 5.75. The van der Waals surface area contributed by atoms with Gasteiger partial charge in [0.05, 0.1) is 6.54 Å². The molecule has 4 nitrogen and oxygen atoms in total. The van der Waals surface area contributed by atoms with Gasteiger partial charge in [-0.25, -0.2) is 0 Å². The van der Waals surface area contributed by atoms with E-state index in [0.29, 0.717) is 12.5 Å². The average Bonchev–Trinajstić information content (AvgIpc) is 3.01. The third-order valence-electron chi connectivity index (χ3n) is 3.35. The number of primary amides is 1. The number of likely N-dealkylation sites (tertiary alicyclic amines) is 1. The van der Waals surface area contributed by atoms with Gasteiger partial charge in [-0.2, -0.15) is 0 Å². The predicted octanol–water partition coefficient (Wildman–Crippen LogP) is -0.0643. The van der Waals surface area contributed by atoms with Crippen molar-refractivity contribution in [3.8, 4) is 0 Å². The normalized spacial score (nSPS) is 27.9. The summed E-state index contributed by atoms with van der Waals surface area (Å²) in [5.74, 6) is 0.448. The number of piperidine rings is 1. The van der Waals surface area contributed by atoms with E-state index in [-0.39, 0.29) is 5.91 Å². The van der Waals surface area contributed by atoms with Gasteiger partial charge in [0.25, 0.3) is 0 Å². The summed E-state index contributed by atoms with van der Waals surface area (Å²) in [4.78, 5) is 13.2. The topological polar surface area (TPSA) is 58.4 Å². The van der Waals surface area contributed by atoms with E-state index in [1.807, 2.05) is 0 Å². The zero-order valence-corrected chi connectivity index (χ0v) is 9.24. The van der Waals surface area contributed by atoms with Crippen molar-refractivity contribution in [1.82, 2.24) is 10.2 Å². The van der Waals surface area contributed by atoms with E-state index in [4.69, 9.17) is 5.73 Å². The van der Waals surface area contributed by atoms with E-state index in [1.54, 1.807) is 0 Å². The van der Waals surface area contributed by atoms with Crippen molar-refractivity contribution in [1.29, 1.82) is 0 Å². The Kier molecular flexibility index (Phi) is 3.59. The fraction of sp³-hybridized carbons (Fsp3) is 0.909. The van der Waals surface area contributed by atoms with Crippen molar-refractivity contribution in [3.05, 3.63) is 0 Å². The summed E-state index contributed by atoms with van der Waals surface area (Å²) in [6, 6.07) is 0.879.